The number of nitrogens with one attached hydrogen (secondary N) is 1. The van der Waals surface area contributed by atoms with Crippen LogP contribution in [0.3, 0.4) is 0 Å². The lowest BCUT2D eigenvalue weighted by Crippen LogP contribution is -2.15. The van der Waals surface area contributed by atoms with Crippen LogP contribution in [-0.4, -0.2) is 14.2 Å². The smallest absolute Gasteiger partial charge is 0.232 e. The lowest BCUT2D eigenvalue weighted by molar-refractivity contribution is 0.483. The van der Waals surface area contributed by atoms with E-state index in [9.17, 15) is 8.42 Å². The predicted molar refractivity (Wildman–Crippen MR) is 80.7 cm³/mol. The molecule has 0 saturated heterocycles. The lowest BCUT2D eigenvalue weighted by Gasteiger charge is -2.09. The van der Waals surface area contributed by atoms with Gasteiger partial charge in [0.25, 0.3) is 0 Å². The Hall–Kier alpha value is -2.01. The number of benzene rings is 2. The Morgan fingerprint density at radius 3 is 2.40 bits per heavy atom. The van der Waals surface area contributed by atoms with Gasteiger partial charge in [-0.3, -0.25) is 4.72 Å². The van der Waals surface area contributed by atoms with E-state index in [4.69, 9.17) is 4.74 Å². The van der Waals surface area contributed by atoms with Crippen LogP contribution in [-0.2, 0) is 10.0 Å². The third-order valence-electron chi connectivity index (χ3n) is 2.56. The minimum Gasteiger partial charge on any atom is -0.457 e. The average molecular weight is 291 g/mol. The molecule has 0 aliphatic carbocycles. The second-order valence-electron chi connectivity index (χ2n) is 4.36. The summed E-state index contributed by atoms with van der Waals surface area (Å²) in [6, 6.07) is 16.2. The van der Waals surface area contributed by atoms with Crippen LogP contribution < -0.4 is 9.46 Å². The average Bonchev–Trinajstić information content (AvgIpc) is 2.39. The van der Waals surface area contributed by atoms with E-state index < -0.39 is 10.0 Å². The highest BCUT2D eigenvalue weighted by Gasteiger charge is 2.09. The van der Waals surface area contributed by atoms with Crippen molar-refractivity contribution >= 4 is 15.7 Å². The molecule has 0 unspecified atom stereocenters. The topological polar surface area (TPSA) is 55.4 Å². The molecule has 0 amide bonds. The van der Waals surface area contributed by atoms with Gasteiger partial charge in [0.2, 0.25) is 10.0 Å². The second-order valence-corrected chi connectivity index (χ2v) is 6.21. The fourth-order valence-electron chi connectivity index (χ4n) is 1.75. The first-order valence-corrected chi connectivity index (χ1v) is 8.08. The Labute approximate surface area is 119 Å². The molecule has 2 rings (SSSR count). The van der Waals surface area contributed by atoms with Gasteiger partial charge in [0.15, 0.2) is 0 Å². The first kappa shape index (κ1) is 14.4. The molecule has 2 aromatic rings. The van der Waals surface area contributed by atoms with Crippen molar-refractivity contribution in [2.45, 2.75) is 13.3 Å². The molecule has 0 fully saturated rings. The van der Waals surface area contributed by atoms with E-state index in [0.717, 1.165) is 0 Å². The minimum atomic E-state index is -3.28. The van der Waals surface area contributed by atoms with Crippen LogP contribution in [0.5, 0.6) is 11.5 Å². The summed E-state index contributed by atoms with van der Waals surface area (Å²) >= 11 is 0. The Balaban J connectivity index is 2.12. The fourth-order valence-corrected chi connectivity index (χ4v) is 2.87. The Morgan fingerprint density at radius 1 is 1.00 bits per heavy atom. The monoisotopic (exact) mass is 291 g/mol. The van der Waals surface area contributed by atoms with Crippen LogP contribution in [0, 0.1) is 0 Å². The highest BCUT2D eigenvalue weighted by Crippen LogP contribution is 2.24. The molecule has 1 N–H and O–H groups in total. The summed E-state index contributed by atoms with van der Waals surface area (Å²) < 4.78 is 31.6. The summed E-state index contributed by atoms with van der Waals surface area (Å²) in [7, 11) is -3.28. The molecule has 0 aliphatic rings. The first-order valence-electron chi connectivity index (χ1n) is 6.42. The summed E-state index contributed by atoms with van der Waals surface area (Å²) in [5, 5.41) is 0. The molecule has 20 heavy (non-hydrogen) atoms. The molecule has 0 aliphatic heterocycles. The van der Waals surface area contributed by atoms with Crippen molar-refractivity contribution in [3.63, 3.8) is 0 Å². The van der Waals surface area contributed by atoms with Crippen molar-refractivity contribution in [2.24, 2.45) is 0 Å². The van der Waals surface area contributed by atoms with Gasteiger partial charge in [-0.15, -0.1) is 0 Å². The number of hydrogen-bond acceptors (Lipinski definition) is 3. The van der Waals surface area contributed by atoms with Gasteiger partial charge in [-0.2, -0.15) is 0 Å². The van der Waals surface area contributed by atoms with Crippen molar-refractivity contribution in [2.75, 3.05) is 10.5 Å². The van der Waals surface area contributed by atoms with Gasteiger partial charge in [0.1, 0.15) is 11.5 Å². The predicted octanol–water partition coefficient (Wildman–Crippen LogP) is 3.63. The number of ether oxygens (including phenoxy) is 1. The van der Waals surface area contributed by atoms with Gasteiger partial charge in [0, 0.05) is 6.07 Å². The zero-order chi connectivity index (χ0) is 14.4. The summed E-state index contributed by atoms with van der Waals surface area (Å²) in [5.74, 6) is 1.41. The van der Waals surface area contributed by atoms with Crippen molar-refractivity contribution in [1.29, 1.82) is 0 Å². The minimum absolute atomic E-state index is 0.108. The first-order chi connectivity index (χ1) is 9.59. The molecule has 106 valence electrons. The zero-order valence-corrected chi connectivity index (χ0v) is 12.1. The number of anilines is 1. The summed E-state index contributed by atoms with van der Waals surface area (Å²) in [5.41, 5.74) is 0.506. The Kier molecular flexibility index (Phi) is 4.63. The SMILES string of the molecule is CCCS(=O)(=O)Nc1cccc(Oc2ccccc2)c1. The third-order valence-corrected chi connectivity index (χ3v) is 4.05. The molecule has 0 radical (unpaired) electrons. The van der Waals surface area contributed by atoms with E-state index in [1.54, 1.807) is 24.3 Å². The van der Waals surface area contributed by atoms with Crippen molar-refractivity contribution in [3.8, 4) is 11.5 Å². The molecule has 2 aromatic carbocycles. The van der Waals surface area contributed by atoms with Crippen LogP contribution in [0.15, 0.2) is 54.6 Å². The Morgan fingerprint density at radius 2 is 1.70 bits per heavy atom. The zero-order valence-electron chi connectivity index (χ0n) is 11.2. The van der Waals surface area contributed by atoms with E-state index >= 15 is 0 Å². The molecule has 0 spiro atoms. The van der Waals surface area contributed by atoms with Crippen LogP contribution in [0.25, 0.3) is 0 Å². The van der Waals surface area contributed by atoms with Gasteiger partial charge in [-0.25, -0.2) is 8.42 Å². The maximum Gasteiger partial charge on any atom is 0.232 e. The molecule has 0 atom stereocenters. The van der Waals surface area contributed by atoms with Crippen LogP contribution in [0.1, 0.15) is 13.3 Å². The molecule has 0 saturated carbocycles. The number of rotatable bonds is 6. The number of hydrogen-bond donors (Lipinski definition) is 1. The fraction of sp³-hybridized carbons (Fsp3) is 0.200. The second kappa shape index (κ2) is 6.43. The maximum atomic E-state index is 11.7. The molecule has 0 bridgehead atoms. The quantitative estimate of drug-likeness (QED) is 0.884. The van der Waals surface area contributed by atoms with Gasteiger partial charge in [-0.1, -0.05) is 31.2 Å². The highest BCUT2D eigenvalue weighted by molar-refractivity contribution is 7.92. The summed E-state index contributed by atoms with van der Waals surface area (Å²) in [6.45, 7) is 1.83. The molecule has 4 nitrogen and oxygen atoms in total. The van der Waals surface area contributed by atoms with E-state index in [-0.39, 0.29) is 5.75 Å². The van der Waals surface area contributed by atoms with E-state index in [0.29, 0.717) is 23.6 Å². The maximum absolute atomic E-state index is 11.7. The number of sulfonamides is 1. The van der Waals surface area contributed by atoms with Crippen molar-refractivity contribution in [3.05, 3.63) is 54.6 Å². The molecular weight excluding hydrogens is 274 g/mol. The highest BCUT2D eigenvalue weighted by atomic mass is 32.2. The lowest BCUT2D eigenvalue weighted by atomic mass is 10.3. The normalized spacial score (nSPS) is 11.1. The standard InChI is InChI=1S/C15H17NO3S/c1-2-11-20(17,18)16-13-7-6-10-15(12-13)19-14-8-4-3-5-9-14/h3-10,12,16H,2,11H2,1H3. The van der Waals surface area contributed by atoms with Gasteiger partial charge in [-0.05, 0) is 30.7 Å². The van der Waals surface area contributed by atoms with Gasteiger partial charge in [0.05, 0.1) is 11.4 Å². The summed E-state index contributed by atoms with van der Waals surface area (Å²) in [4.78, 5) is 0. The van der Waals surface area contributed by atoms with E-state index in [1.165, 1.54) is 0 Å². The molecular formula is C15H17NO3S. The third kappa shape index (κ3) is 4.28. The Bertz CT molecular complexity index is 654. The van der Waals surface area contributed by atoms with Crippen LogP contribution in [0.2, 0.25) is 0 Å². The summed E-state index contributed by atoms with van der Waals surface area (Å²) in [6.07, 6.45) is 0.579. The van der Waals surface area contributed by atoms with Crippen molar-refractivity contribution < 1.29 is 13.2 Å². The molecule has 5 heteroatoms. The number of para-hydroxylation sites is 1. The van der Waals surface area contributed by atoms with Gasteiger partial charge >= 0.3 is 0 Å². The van der Waals surface area contributed by atoms with E-state index in [1.807, 2.05) is 37.3 Å². The molecule has 0 heterocycles. The van der Waals surface area contributed by atoms with Crippen molar-refractivity contribution in [1.82, 2.24) is 0 Å². The largest absolute Gasteiger partial charge is 0.457 e. The van der Waals surface area contributed by atoms with Gasteiger partial charge < -0.3 is 4.74 Å². The molecule has 0 aromatic heterocycles. The van der Waals surface area contributed by atoms with E-state index in [2.05, 4.69) is 4.72 Å². The van der Waals surface area contributed by atoms with Crippen LogP contribution in [0.4, 0.5) is 5.69 Å². The van der Waals surface area contributed by atoms with Crippen LogP contribution >= 0.6 is 0 Å².